The van der Waals surface area contributed by atoms with E-state index in [1.54, 1.807) is 0 Å². The molecule has 9 heavy (non-hydrogen) atoms. The SMILES string of the molecule is [K+].[K+].[K+].[O-][Si]([O-])([O-])[O][AlH2]. The van der Waals surface area contributed by atoms with Gasteiger partial charge in [0.1, 0.15) is 0 Å². The van der Waals surface area contributed by atoms with E-state index in [0.29, 0.717) is 0 Å². The number of hydrogen-bond donors (Lipinski definition) is 0. The first-order valence-corrected chi connectivity index (χ1v) is 3.67. The number of rotatable bonds is 1. The van der Waals surface area contributed by atoms with Gasteiger partial charge in [0.25, 0.3) is 0 Å². The molecule has 0 unspecified atom stereocenters. The first-order chi connectivity index (χ1) is 2.56. The molecule has 0 heterocycles. The molecule has 0 amide bonds. The molecular formula is H2AlK3O4Si. The standard InChI is InChI=1S/Al.3K.O4Si.2H/c;;;;1-5(2,3)4;;/q4*+1;-4;;. The normalized spacial score (nSPS) is 7.89. The maximum absolute atomic E-state index is 9.31. The zero-order valence-electron chi connectivity index (χ0n) is 6.13. The van der Waals surface area contributed by atoms with Crippen molar-refractivity contribution in [2.24, 2.45) is 0 Å². The Balaban J connectivity index is -0.0000000417. The van der Waals surface area contributed by atoms with Crippen molar-refractivity contribution in [2.45, 2.75) is 0 Å². The van der Waals surface area contributed by atoms with Crippen molar-refractivity contribution in [3.05, 3.63) is 0 Å². The molecule has 0 rings (SSSR count). The van der Waals surface area contributed by atoms with Crippen LogP contribution in [0.3, 0.4) is 0 Å². The van der Waals surface area contributed by atoms with Gasteiger partial charge in [0, 0.05) is 0 Å². The molecule has 0 bridgehead atoms. The van der Waals surface area contributed by atoms with Crippen LogP contribution in [0.5, 0.6) is 0 Å². The summed E-state index contributed by atoms with van der Waals surface area (Å²) < 4.78 is 3.55. The summed E-state index contributed by atoms with van der Waals surface area (Å²) in [6.07, 6.45) is 0. The smallest absolute Gasteiger partial charge is 0.863 e. The minimum Gasteiger partial charge on any atom is -0.863 e. The predicted octanol–water partition coefficient (Wildman–Crippen LogP) is -13.9. The average Bonchev–Trinajstić information content (AvgIpc) is 1.35. The molecule has 0 saturated carbocycles. The van der Waals surface area contributed by atoms with Crippen molar-refractivity contribution in [1.29, 1.82) is 0 Å². The second-order valence-corrected chi connectivity index (χ2v) is 3.34. The summed E-state index contributed by atoms with van der Waals surface area (Å²) in [7, 11) is -4.82. The van der Waals surface area contributed by atoms with E-state index in [9.17, 15) is 14.4 Å². The third kappa shape index (κ3) is 24.7. The summed E-state index contributed by atoms with van der Waals surface area (Å²) in [4.78, 5) is 27.9. The molecule has 0 spiro atoms. The first-order valence-electron chi connectivity index (χ1n) is 1.22. The average molecular weight is 238 g/mol. The molecule has 0 atom stereocenters. The van der Waals surface area contributed by atoms with Gasteiger partial charge in [0.05, 0.1) is 0 Å². The van der Waals surface area contributed by atoms with Gasteiger partial charge in [-0.05, 0) is 0 Å². The van der Waals surface area contributed by atoms with Gasteiger partial charge in [-0.25, -0.2) is 0 Å². The Morgan fingerprint density at radius 3 is 1.11 bits per heavy atom. The fourth-order valence-corrected chi connectivity index (χ4v) is 0. The van der Waals surface area contributed by atoms with E-state index >= 15 is 0 Å². The van der Waals surface area contributed by atoms with Crippen molar-refractivity contribution in [2.75, 3.05) is 0 Å². The summed E-state index contributed by atoms with van der Waals surface area (Å²) in [5.41, 5.74) is 0. The topological polar surface area (TPSA) is 78.4 Å². The third-order valence-electron chi connectivity index (χ3n) is 0.250. The maximum Gasteiger partial charge on any atom is 1.00 e. The molecule has 0 aliphatic carbocycles. The van der Waals surface area contributed by atoms with Crippen LogP contribution in [0.15, 0.2) is 0 Å². The van der Waals surface area contributed by atoms with Gasteiger partial charge in [-0.1, -0.05) is 0 Å². The monoisotopic (exact) mass is 238 g/mol. The van der Waals surface area contributed by atoms with E-state index in [1.807, 2.05) is 0 Å². The van der Waals surface area contributed by atoms with Crippen molar-refractivity contribution >= 4 is 25.7 Å². The van der Waals surface area contributed by atoms with E-state index in [0.717, 1.165) is 0 Å². The predicted molar refractivity (Wildman–Crippen MR) is 15.4 cm³/mol. The van der Waals surface area contributed by atoms with E-state index < -0.39 is 9.05 Å². The summed E-state index contributed by atoms with van der Waals surface area (Å²) in [6.45, 7) is 0. The molecule has 4 nitrogen and oxygen atoms in total. The Hall–Kier alpha value is 5.50. The van der Waals surface area contributed by atoms with Crippen molar-refractivity contribution in [1.82, 2.24) is 0 Å². The van der Waals surface area contributed by atoms with Crippen LogP contribution in [0.4, 0.5) is 0 Å². The molecule has 0 aliphatic heterocycles. The zero-order chi connectivity index (χ0) is 5.21. The Morgan fingerprint density at radius 2 is 1.11 bits per heavy atom. The molecule has 0 fully saturated rings. The molecule has 36 valence electrons. The Bertz CT molecular complexity index is 45.6. The van der Waals surface area contributed by atoms with Crippen molar-refractivity contribution < 1.29 is 172 Å². The van der Waals surface area contributed by atoms with Gasteiger partial charge < -0.3 is 17.9 Å². The van der Waals surface area contributed by atoms with Crippen LogP contribution in [0.25, 0.3) is 0 Å². The van der Waals surface area contributed by atoms with Crippen molar-refractivity contribution in [3.8, 4) is 0 Å². The molecule has 0 aromatic carbocycles. The fraction of sp³-hybridized carbons (Fsp3) is 0. The van der Waals surface area contributed by atoms with Gasteiger partial charge in [-0.15, -0.1) is 0 Å². The van der Waals surface area contributed by atoms with E-state index in [1.165, 1.54) is 0 Å². The molecule has 0 N–H and O–H groups in total. The largest absolute Gasteiger partial charge is 1.00 e. The minimum absolute atomic E-state index is 0. The molecule has 9 heteroatoms. The minimum atomic E-state index is -4.82. The summed E-state index contributed by atoms with van der Waals surface area (Å²) in [5.74, 6) is 0. The van der Waals surface area contributed by atoms with Crippen LogP contribution in [0, 0.1) is 0 Å². The molecule has 0 radical (unpaired) electrons. The van der Waals surface area contributed by atoms with Crippen LogP contribution < -0.4 is 169 Å². The molecule has 0 aromatic heterocycles. The van der Waals surface area contributed by atoms with Gasteiger partial charge in [0.2, 0.25) is 0 Å². The maximum atomic E-state index is 9.31. The third-order valence-corrected chi connectivity index (χ3v) is 2.25. The van der Waals surface area contributed by atoms with Crippen LogP contribution >= 0.6 is 0 Å². The van der Waals surface area contributed by atoms with E-state index in [2.05, 4.69) is 3.48 Å². The first kappa shape index (κ1) is 24.0. The van der Waals surface area contributed by atoms with Gasteiger partial charge >= 0.3 is 171 Å². The number of hydrogen-bond acceptors (Lipinski definition) is 4. The quantitative estimate of drug-likeness (QED) is 0.425. The molecular weight excluding hydrogens is 236 g/mol. The molecule has 0 saturated heterocycles. The van der Waals surface area contributed by atoms with E-state index in [4.69, 9.17) is 0 Å². The van der Waals surface area contributed by atoms with Gasteiger partial charge in [-0.3, -0.25) is 0 Å². The Labute approximate surface area is 191 Å². The van der Waals surface area contributed by atoms with Crippen LogP contribution in [0.2, 0.25) is 0 Å². The fourth-order valence-electron chi connectivity index (χ4n) is 0. The summed E-state index contributed by atoms with van der Waals surface area (Å²) in [6, 6.07) is 0. The van der Waals surface area contributed by atoms with Gasteiger partial charge in [-0.2, -0.15) is 9.05 Å². The Morgan fingerprint density at radius 1 is 1.00 bits per heavy atom. The molecule has 0 aliphatic rings. The van der Waals surface area contributed by atoms with Crippen LogP contribution in [-0.4, -0.2) is 25.7 Å². The zero-order valence-corrected chi connectivity index (χ0v) is 18.5. The summed E-state index contributed by atoms with van der Waals surface area (Å²) >= 11 is -0.0278. The molecule has 0 aromatic rings. The van der Waals surface area contributed by atoms with Crippen LogP contribution in [-0.2, 0) is 3.48 Å². The van der Waals surface area contributed by atoms with E-state index in [-0.39, 0.29) is 171 Å². The second-order valence-electron chi connectivity index (χ2n) is 0.704. The Kier molecular flexibility index (Phi) is 35.9. The van der Waals surface area contributed by atoms with Gasteiger partial charge in [0.15, 0.2) is 0 Å². The summed E-state index contributed by atoms with van der Waals surface area (Å²) in [5, 5.41) is 0. The second kappa shape index (κ2) is 13.5. The van der Waals surface area contributed by atoms with Crippen LogP contribution in [0.1, 0.15) is 0 Å². The van der Waals surface area contributed by atoms with Crippen molar-refractivity contribution in [3.63, 3.8) is 0 Å².